The van der Waals surface area contributed by atoms with Crippen molar-refractivity contribution in [3.05, 3.63) is 119 Å². The quantitative estimate of drug-likeness (QED) is 0.405. The zero-order valence-corrected chi connectivity index (χ0v) is 15.7. The molecule has 0 saturated carbocycles. The van der Waals surface area contributed by atoms with Crippen LogP contribution in [-0.4, -0.2) is 9.55 Å². The van der Waals surface area contributed by atoms with Crippen molar-refractivity contribution in [3.8, 4) is 5.69 Å². The van der Waals surface area contributed by atoms with Gasteiger partial charge in [-0.3, -0.25) is 9.36 Å². The Morgan fingerprint density at radius 1 is 0.655 bits per heavy atom. The molecular formula is C26H18N2O. The highest BCUT2D eigenvalue weighted by Crippen LogP contribution is 2.23. The summed E-state index contributed by atoms with van der Waals surface area (Å²) in [4.78, 5) is 18.3. The molecule has 1 aromatic heterocycles. The van der Waals surface area contributed by atoms with Crippen molar-refractivity contribution in [1.29, 1.82) is 0 Å². The number of para-hydroxylation sites is 1. The SMILES string of the molecule is O=c1c2ccccc2nc(C=Cc2ccccc2)n1-c1cccc2ccccc12. The highest BCUT2D eigenvalue weighted by atomic mass is 16.1. The average Bonchev–Trinajstić information content (AvgIpc) is 2.78. The molecule has 5 aromatic rings. The largest absolute Gasteiger partial charge is 0.268 e. The molecule has 0 bridgehead atoms. The second kappa shape index (κ2) is 7.21. The number of benzene rings is 4. The lowest BCUT2D eigenvalue weighted by atomic mass is 10.1. The van der Waals surface area contributed by atoms with Gasteiger partial charge in [-0.2, -0.15) is 0 Å². The third kappa shape index (κ3) is 3.13. The molecule has 0 aliphatic rings. The molecule has 0 aliphatic heterocycles. The molecule has 4 aromatic carbocycles. The van der Waals surface area contributed by atoms with Gasteiger partial charge in [0.05, 0.1) is 16.6 Å². The Morgan fingerprint density at radius 3 is 2.21 bits per heavy atom. The van der Waals surface area contributed by atoms with Crippen LogP contribution in [0.25, 0.3) is 39.5 Å². The van der Waals surface area contributed by atoms with Crippen LogP contribution in [0.5, 0.6) is 0 Å². The highest BCUT2D eigenvalue weighted by molar-refractivity contribution is 5.91. The third-order valence-electron chi connectivity index (χ3n) is 5.03. The molecule has 0 saturated heterocycles. The molecule has 0 radical (unpaired) electrons. The van der Waals surface area contributed by atoms with Gasteiger partial charge in [0, 0.05) is 5.39 Å². The molecule has 0 N–H and O–H groups in total. The van der Waals surface area contributed by atoms with Crippen LogP contribution in [0, 0.1) is 0 Å². The van der Waals surface area contributed by atoms with Gasteiger partial charge in [-0.05, 0) is 35.2 Å². The van der Waals surface area contributed by atoms with Crippen molar-refractivity contribution in [3.63, 3.8) is 0 Å². The monoisotopic (exact) mass is 374 g/mol. The van der Waals surface area contributed by atoms with Crippen LogP contribution in [0.1, 0.15) is 11.4 Å². The molecule has 0 spiro atoms. The molecule has 0 aliphatic carbocycles. The van der Waals surface area contributed by atoms with Gasteiger partial charge in [0.1, 0.15) is 5.82 Å². The summed E-state index contributed by atoms with van der Waals surface area (Å²) in [6.07, 6.45) is 3.89. The normalized spacial score (nSPS) is 11.4. The van der Waals surface area contributed by atoms with E-state index in [4.69, 9.17) is 4.98 Å². The number of nitrogens with zero attached hydrogens (tertiary/aromatic N) is 2. The Morgan fingerprint density at radius 2 is 1.34 bits per heavy atom. The van der Waals surface area contributed by atoms with Gasteiger partial charge in [-0.25, -0.2) is 4.98 Å². The van der Waals surface area contributed by atoms with Crippen LogP contribution >= 0.6 is 0 Å². The Labute approximate surface area is 168 Å². The first kappa shape index (κ1) is 17.1. The van der Waals surface area contributed by atoms with E-state index in [1.54, 1.807) is 4.57 Å². The van der Waals surface area contributed by atoms with Crippen molar-refractivity contribution >= 4 is 33.8 Å². The van der Waals surface area contributed by atoms with E-state index < -0.39 is 0 Å². The van der Waals surface area contributed by atoms with Crippen molar-refractivity contribution in [2.24, 2.45) is 0 Å². The fourth-order valence-corrected chi connectivity index (χ4v) is 3.63. The molecule has 3 nitrogen and oxygen atoms in total. The van der Waals surface area contributed by atoms with Crippen LogP contribution < -0.4 is 5.56 Å². The minimum Gasteiger partial charge on any atom is -0.268 e. The molecule has 1 heterocycles. The summed E-state index contributed by atoms with van der Waals surface area (Å²) in [6.45, 7) is 0. The molecular weight excluding hydrogens is 356 g/mol. The predicted octanol–water partition coefficient (Wildman–Crippen LogP) is 5.71. The smallest absolute Gasteiger partial charge is 0.266 e. The first-order chi connectivity index (χ1) is 14.3. The fourth-order valence-electron chi connectivity index (χ4n) is 3.63. The molecule has 5 rings (SSSR count). The Bertz CT molecular complexity index is 1410. The summed E-state index contributed by atoms with van der Waals surface area (Å²) >= 11 is 0. The Kier molecular flexibility index (Phi) is 4.26. The summed E-state index contributed by atoms with van der Waals surface area (Å²) in [5.41, 5.74) is 2.51. The first-order valence-corrected chi connectivity index (χ1v) is 9.54. The molecule has 138 valence electrons. The molecule has 0 amide bonds. The zero-order valence-electron chi connectivity index (χ0n) is 15.7. The van der Waals surface area contributed by atoms with E-state index in [1.165, 1.54) is 0 Å². The van der Waals surface area contributed by atoms with Gasteiger partial charge < -0.3 is 0 Å². The van der Waals surface area contributed by atoms with E-state index in [0.717, 1.165) is 22.0 Å². The number of fused-ring (bicyclic) bond motifs is 2. The lowest BCUT2D eigenvalue weighted by molar-refractivity contribution is 0.952. The standard InChI is InChI=1S/C26H18N2O/c29-26-22-14-6-7-15-23(22)27-25(18-17-19-9-2-1-3-10-19)28(26)24-16-8-12-20-11-4-5-13-21(20)24/h1-18H. The minimum atomic E-state index is -0.0698. The second-order valence-electron chi connectivity index (χ2n) is 6.87. The summed E-state index contributed by atoms with van der Waals surface area (Å²) in [7, 11) is 0. The third-order valence-corrected chi connectivity index (χ3v) is 5.03. The summed E-state index contributed by atoms with van der Waals surface area (Å²) in [5.74, 6) is 0.605. The summed E-state index contributed by atoms with van der Waals surface area (Å²) < 4.78 is 1.71. The average molecular weight is 374 g/mol. The lowest BCUT2D eigenvalue weighted by Gasteiger charge is -2.14. The maximum atomic E-state index is 13.5. The Balaban J connectivity index is 1.82. The van der Waals surface area contributed by atoms with Crippen LogP contribution in [-0.2, 0) is 0 Å². The number of hydrogen-bond donors (Lipinski definition) is 0. The van der Waals surface area contributed by atoms with E-state index >= 15 is 0 Å². The lowest BCUT2D eigenvalue weighted by Crippen LogP contribution is -2.22. The highest BCUT2D eigenvalue weighted by Gasteiger charge is 2.13. The number of rotatable bonds is 3. The molecule has 0 atom stereocenters. The van der Waals surface area contributed by atoms with Crippen molar-refractivity contribution in [1.82, 2.24) is 9.55 Å². The van der Waals surface area contributed by atoms with E-state index in [9.17, 15) is 4.79 Å². The number of aromatic nitrogens is 2. The Hall–Kier alpha value is -3.98. The minimum absolute atomic E-state index is 0.0698. The molecule has 3 heteroatoms. The van der Waals surface area contributed by atoms with Crippen LogP contribution in [0.4, 0.5) is 0 Å². The maximum Gasteiger partial charge on any atom is 0.266 e. The van der Waals surface area contributed by atoms with Gasteiger partial charge in [-0.15, -0.1) is 0 Å². The van der Waals surface area contributed by atoms with Gasteiger partial charge in [0.2, 0.25) is 0 Å². The summed E-state index contributed by atoms with van der Waals surface area (Å²) in [5, 5.41) is 2.71. The van der Waals surface area contributed by atoms with Crippen molar-refractivity contribution < 1.29 is 0 Å². The van der Waals surface area contributed by atoms with Gasteiger partial charge in [0.25, 0.3) is 5.56 Å². The van der Waals surface area contributed by atoms with Crippen LogP contribution in [0.2, 0.25) is 0 Å². The van der Waals surface area contributed by atoms with E-state index in [1.807, 2.05) is 97.1 Å². The van der Waals surface area contributed by atoms with E-state index in [2.05, 4.69) is 12.1 Å². The topological polar surface area (TPSA) is 34.9 Å². The maximum absolute atomic E-state index is 13.5. The predicted molar refractivity (Wildman–Crippen MR) is 120 cm³/mol. The molecule has 29 heavy (non-hydrogen) atoms. The molecule has 0 unspecified atom stereocenters. The first-order valence-electron chi connectivity index (χ1n) is 9.54. The number of hydrogen-bond acceptors (Lipinski definition) is 2. The fraction of sp³-hybridized carbons (Fsp3) is 0. The van der Waals surface area contributed by atoms with E-state index in [-0.39, 0.29) is 5.56 Å². The zero-order chi connectivity index (χ0) is 19.6. The van der Waals surface area contributed by atoms with Crippen molar-refractivity contribution in [2.75, 3.05) is 0 Å². The van der Waals surface area contributed by atoms with Gasteiger partial charge in [0.15, 0.2) is 0 Å². The molecule has 0 fully saturated rings. The van der Waals surface area contributed by atoms with Crippen LogP contribution in [0.15, 0.2) is 102 Å². The van der Waals surface area contributed by atoms with Gasteiger partial charge >= 0.3 is 0 Å². The second-order valence-corrected chi connectivity index (χ2v) is 6.87. The van der Waals surface area contributed by atoms with Gasteiger partial charge in [-0.1, -0.05) is 84.9 Å². The van der Waals surface area contributed by atoms with Crippen LogP contribution in [0.3, 0.4) is 0 Å². The summed E-state index contributed by atoms with van der Waals surface area (Å²) in [6, 6.07) is 31.6. The van der Waals surface area contributed by atoms with E-state index in [0.29, 0.717) is 16.7 Å². The van der Waals surface area contributed by atoms with Crippen molar-refractivity contribution in [2.45, 2.75) is 0 Å².